The van der Waals surface area contributed by atoms with Gasteiger partial charge < -0.3 is 10.4 Å². The van der Waals surface area contributed by atoms with Crippen molar-refractivity contribution >= 4 is 28.3 Å². The van der Waals surface area contributed by atoms with E-state index in [0.717, 1.165) is 5.82 Å². The first-order valence-corrected chi connectivity index (χ1v) is 6.44. The third-order valence-electron chi connectivity index (χ3n) is 2.75. The fraction of sp³-hybridized carbons (Fsp3) is 0.250. The van der Waals surface area contributed by atoms with Crippen molar-refractivity contribution in [2.75, 3.05) is 5.32 Å². The van der Waals surface area contributed by atoms with Gasteiger partial charge in [-0.15, -0.1) is 0 Å². The van der Waals surface area contributed by atoms with Crippen LogP contribution in [0, 0.1) is 0 Å². The molecule has 1 saturated carbocycles. The molecule has 0 atom stereocenters. The lowest BCUT2D eigenvalue weighted by molar-refractivity contribution is 0.0697. The predicted octanol–water partition coefficient (Wildman–Crippen LogP) is 2.86. The molecule has 1 aromatic heterocycles. The van der Waals surface area contributed by atoms with Crippen LogP contribution in [-0.4, -0.2) is 20.4 Å². The zero-order valence-electron chi connectivity index (χ0n) is 9.46. The second-order valence-electron chi connectivity index (χ2n) is 4.24. The molecule has 1 aliphatic rings. The van der Waals surface area contributed by atoms with Crippen LogP contribution in [0.4, 0.5) is 10.8 Å². The molecular formula is C12H11N3O2S. The summed E-state index contributed by atoms with van der Waals surface area (Å²) < 4.78 is 4.28. The summed E-state index contributed by atoms with van der Waals surface area (Å²) in [5, 5.41) is 12.7. The average Bonchev–Trinajstić information content (AvgIpc) is 3.11. The van der Waals surface area contributed by atoms with Crippen molar-refractivity contribution in [3.63, 3.8) is 0 Å². The highest BCUT2D eigenvalue weighted by Gasteiger charge is 2.27. The van der Waals surface area contributed by atoms with Crippen LogP contribution in [-0.2, 0) is 0 Å². The van der Waals surface area contributed by atoms with Crippen LogP contribution >= 0.6 is 11.5 Å². The second-order valence-corrected chi connectivity index (χ2v) is 4.99. The van der Waals surface area contributed by atoms with Gasteiger partial charge in [0, 0.05) is 23.1 Å². The summed E-state index contributed by atoms with van der Waals surface area (Å²) >= 11 is 1.31. The minimum absolute atomic E-state index is 0.256. The van der Waals surface area contributed by atoms with Gasteiger partial charge in [-0.05, 0) is 31.0 Å². The number of aromatic nitrogens is 2. The molecule has 0 spiro atoms. The molecule has 2 N–H and O–H groups in total. The highest BCUT2D eigenvalue weighted by Crippen LogP contribution is 2.39. The van der Waals surface area contributed by atoms with Gasteiger partial charge in [0.05, 0.1) is 5.56 Å². The van der Waals surface area contributed by atoms with Gasteiger partial charge in [-0.25, -0.2) is 9.78 Å². The van der Waals surface area contributed by atoms with Gasteiger partial charge in [0.15, 0.2) is 0 Å². The van der Waals surface area contributed by atoms with Crippen LogP contribution in [0.2, 0.25) is 0 Å². The number of carboxylic acids is 1. The summed E-state index contributed by atoms with van der Waals surface area (Å²) in [4.78, 5) is 15.2. The lowest BCUT2D eigenvalue weighted by atomic mass is 10.2. The maximum Gasteiger partial charge on any atom is 0.335 e. The van der Waals surface area contributed by atoms with E-state index in [1.807, 2.05) is 6.07 Å². The Labute approximate surface area is 108 Å². The number of carbonyl (C=O) groups is 1. The Morgan fingerprint density at radius 1 is 1.44 bits per heavy atom. The predicted molar refractivity (Wildman–Crippen MR) is 68.6 cm³/mol. The minimum Gasteiger partial charge on any atom is -0.478 e. The number of rotatable bonds is 4. The zero-order chi connectivity index (χ0) is 12.5. The zero-order valence-corrected chi connectivity index (χ0v) is 10.3. The van der Waals surface area contributed by atoms with Crippen molar-refractivity contribution in [2.45, 2.75) is 18.8 Å². The topological polar surface area (TPSA) is 75.1 Å². The SMILES string of the molecule is O=C(O)c1cccc(Nc2nc(C3CC3)ns2)c1. The molecule has 0 radical (unpaired) electrons. The van der Waals surface area contributed by atoms with Gasteiger partial charge in [-0.1, -0.05) is 6.07 Å². The van der Waals surface area contributed by atoms with E-state index in [1.54, 1.807) is 18.2 Å². The van der Waals surface area contributed by atoms with Gasteiger partial charge >= 0.3 is 5.97 Å². The molecule has 0 saturated heterocycles. The molecule has 0 bridgehead atoms. The average molecular weight is 261 g/mol. The van der Waals surface area contributed by atoms with Crippen LogP contribution in [0.5, 0.6) is 0 Å². The molecular weight excluding hydrogens is 250 g/mol. The third-order valence-corrected chi connectivity index (χ3v) is 3.39. The Balaban J connectivity index is 1.78. The number of anilines is 2. The maximum absolute atomic E-state index is 10.9. The smallest absolute Gasteiger partial charge is 0.335 e. The summed E-state index contributed by atoms with van der Waals surface area (Å²) in [6, 6.07) is 6.66. The molecule has 2 aromatic rings. The van der Waals surface area contributed by atoms with Crippen LogP contribution in [0.3, 0.4) is 0 Å². The van der Waals surface area contributed by atoms with Gasteiger partial charge in [-0.3, -0.25) is 0 Å². The van der Waals surface area contributed by atoms with E-state index >= 15 is 0 Å². The molecule has 0 unspecified atom stereocenters. The highest BCUT2D eigenvalue weighted by atomic mass is 32.1. The van der Waals surface area contributed by atoms with Crippen molar-refractivity contribution in [2.24, 2.45) is 0 Å². The molecule has 18 heavy (non-hydrogen) atoms. The van der Waals surface area contributed by atoms with Crippen molar-refractivity contribution in [3.05, 3.63) is 35.7 Å². The first-order chi connectivity index (χ1) is 8.72. The first kappa shape index (κ1) is 11.2. The van der Waals surface area contributed by atoms with Crippen molar-refractivity contribution in [1.82, 2.24) is 9.36 Å². The molecule has 1 heterocycles. The Kier molecular flexibility index (Phi) is 2.71. The van der Waals surface area contributed by atoms with Gasteiger partial charge in [0.25, 0.3) is 0 Å². The van der Waals surface area contributed by atoms with Crippen molar-refractivity contribution in [1.29, 1.82) is 0 Å². The highest BCUT2D eigenvalue weighted by molar-refractivity contribution is 7.09. The number of nitrogens with zero attached hydrogens (tertiary/aromatic N) is 2. The number of carboxylic acid groups (broad SMARTS) is 1. The number of hydrogen-bond donors (Lipinski definition) is 2. The van der Waals surface area contributed by atoms with E-state index in [9.17, 15) is 4.79 Å². The lowest BCUT2D eigenvalue weighted by Crippen LogP contribution is -1.97. The molecule has 0 amide bonds. The lowest BCUT2D eigenvalue weighted by Gasteiger charge is -2.02. The van der Waals surface area contributed by atoms with Crippen LogP contribution < -0.4 is 5.32 Å². The summed E-state index contributed by atoms with van der Waals surface area (Å²) in [5.74, 6) is 0.494. The van der Waals surface area contributed by atoms with Gasteiger partial charge in [0.2, 0.25) is 5.13 Å². The first-order valence-electron chi connectivity index (χ1n) is 5.66. The van der Waals surface area contributed by atoms with E-state index in [1.165, 1.54) is 24.4 Å². The molecule has 92 valence electrons. The molecule has 3 rings (SSSR count). The molecule has 5 nitrogen and oxygen atoms in total. The van der Waals surface area contributed by atoms with Crippen LogP contribution in [0.15, 0.2) is 24.3 Å². The minimum atomic E-state index is -0.936. The number of hydrogen-bond acceptors (Lipinski definition) is 5. The normalized spacial score (nSPS) is 14.4. The fourth-order valence-corrected chi connectivity index (χ4v) is 2.31. The summed E-state index contributed by atoms with van der Waals surface area (Å²) in [6.45, 7) is 0. The van der Waals surface area contributed by atoms with E-state index in [4.69, 9.17) is 5.11 Å². The molecule has 1 aliphatic carbocycles. The van der Waals surface area contributed by atoms with Gasteiger partial charge in [-0.2, -0.15) is 4.37 Å². The van der Waals surface area contributed by atoms with E-state index in [0.29, 0.717) is 16.7 Å². The summed E-state index contributed by atoms with van der Waals surface area (Å²) in [5.41, 5.74) is 0.973. The summed E-state index contributed by atoms with van der Waals surface area (Å²) in [6.07, 6.45) is 2.34. The Bertz CT molecular complexity index is 593. The Morgan fingerprint density at radius 2 is 2.28 bits per heavy atom. The second kappa shape index (κ2) is 4.38. The quantitative estimate of drug-likeness (QED) is 0.885. The standard InChI is InChI=1S/C12H11N3O2S/c16-11(17)8-2-1-3-9(6-8)13-12-14-10(15-18-12)7-4-5-7/h1-3,6-7H,4-5H2,(H,16,17)(H,13,14,15). The number of benzene rings is 1. The van der Waals surface area contributed by atoms with Crippen molar-refractivity contribution < 1.29 is 9.90 Å². The summed E-state index contributed by atoms with van der Waals surface area (Å²) in [7, 11) is 0. The third kappa shape index (κ3) is 2.33. The van der Waals surface area contributed by atoms with Crippen LogP contribution in [0.1, 0.15) is 34.9 Å². The molecule has 1 aromatic carbocycles. The fourth-order valence-electron chi connectivity index (χ4n) is 1.65. The molecule has 1 fully saturated rings. The number of aromatic carboxylic acids is 1. The van der Waals surface area contributed by atoms with Crippen molar-refractivity contribution in [3.8, 4) is 0 Å². The Hall–Kier alpha value is -1.95. The number of nitrogens with one attached hydrogen (secondary N) is 1. The molecule has 6 heteroatoms. The van der Waals surface area contributed by atoms with Crippen LogP contribution in [0.25, 0.3) is 0 Å². The molecule has 0 aliphatic heterocycles. The van der Waals surface area contributed by atoms with E-state index in [2.05, 4.69) is 14.7 Å². The maximum atomic E-state index is 10.9. The van der Waals surface area contributed by atoms with E-state index < -0.39 is 5.97 Å². The Morgan fingerprint density at radius 3 is 3.00 bits per heavy atom. The monoisotopic (exact) mass is 261 g/mol. The van der Waals surface area contributed by atoms with E-state index in [-0.39, 0.29) is 5.56 Å². The van der Waals surface area contributed by atoms with Gasteiger partial charge in [0.1, 0.15) is 5.82 Å². The largest absolute Gasteiger partial charge is 0.478 e.